The summed E-state index contributed by atoms with van der Waals surface area (Å²) in [7, 11) is 0. The third kappa shape index (κ3) is 3.93. The fraction of sp³-hybridized carbons (Fsp3) is 0.933. The number of hydrogen-bond acceptors (Lipinski definition) is 3. The summed E-state index contributed by atoms with van der Waals surface area (Å²) in [5, 5.41) is 3.27. The van der Waals surface area contributed by atoms with Crippen molar-refractivity contribution in [3.63, 3.8) is 0 Å². The van der Waals surface area contributed by atoms with Gasteiger partial charge in [-0.05, 0) is 45.3 Å². The minimum atomic E-state index is 0.114. The van der Waals surface area contributed by atoms with Crippen LogP contribution in [0.2, 0.25) is 0 Å². The molecule has 19 heavy (non-hydrogen) atoms. The third-order valence-corrected chi connectivity index (χ3v) is 4.56. The molecule has 0 aromatic rings. The highest BCUT2D eigenvalue weighted by Gasteiger charge is 2.29. The topological polar surface area (TPSA) is 35.6 Å². The van der Waals surface area contributed by atoms with Crippen molar-refractivity contribution in [2.75, 3.05) is 39.3 Å². The second-order valence-electron chi connectivity index (χ2n) is 6.01. The molecule has 1 amide bonds. The fourth-order valence-corrected chi connectivity index (χ4v) is 3.32. The molecule has 2 aliphatic heterocycles. The first-order valence-corrected chi connectivity index (χ1v) is 7.96. The van der Waals surface area contributed by atoms with Crippen molar-refractivity contribution < 1.29 is 4.79 Å². The van der Waals surface area contributed by atoms with E-state index in [1.54, 1.807) is 0 Å². The van der Waals surface area contributed by atoms with Crippen molar-refractivity contribution in [2.24, 2.45) is 5.92 Å². The van der Waals surface area contributed by atoms with Crippen molar-refractivity contribution in [1.29, 1.82) is 0 Å². The van der Waals surface area contributed by atoms with Crippen molar-refractivity contribution >= 4 is 5.91 Å². The summed E-state index contributed by atoms with van der Waals surface area (Å²) in [6.45, 7) is 10.3. The summed E-state index contributed by atoms with van der Waals surface area (Å²) in [6.07, 6.45) is 5.05. The van der Waals surface area contributed by atoms with Gasteiger partial charge in [0.25, 0.3) is 0 Å². The monoisotopic (exact) mass is 267 g/mol. The lowest BCUT2D eigenvalue weighted by Gasteiger charge is -2.37. The van der Waals surface area contributed by atoms with Gasteiger partial charge in [0.15, 0.2) is 0 Å². The molecule has 1 N–H and O–H groups in total. The molecule has 0 aromatic carbocycles. The van der Waals surface area contributed by atoms with Crippen molar-refractivity contribution in [3.8, 4) is 0 Å². The Morgan fingerprint density at radius 1 is 1.21 bits per heavy atom. The number of nitrogens with zero attached hydrogens (tertiary/aromatic N) is 2. The highest BCUT2D eigenvalue weighted by molar-refractivity contribution is 5.78. The van der Waals surface area contributed by atoms with Gasteiger partial charge >= 0.3 is 0 Å². The van der Waals surface area contributed by atoms with Gasteiger partial charge < -0.3 is 15.1 Å². The Bertz CT molecular complexity index is 281. The maximum absolute atomic E-state index is 12.3. The molecule has 4 nitrogen and oxygen atoms in total. The Balaban J connectivity index is 1.74. The molecular formula is C15H29N3O. The second kappa shape index (κ2) is 7.25. The van der Waals surface area contributed by atoms with Gasteiger partial charge in [0, 0.05) is 31.6 Å². The van der Waals surface area contributed by atoms with Gasteiger partial charge in [0.05, 0.1) is 0 Å². The van der Waals surface area contributed by atoms with Crippen LogP contribution in [0.15, 0.2) is 0 Å². The van der Waals surface area contributed by atoms with E-state index in [9.17, 15) is 4.79 Å². The van der Waals surface area contributed by atoms with Crippen LogP contribution in [0.1, 0.15) is 39.5 Å². The molecule has 2 rings (SSSR count). The quantitative estimate of drug-likeness (QED) is 0.816. The van der Waals surface area contributed by atoms with E-state index < -0.39 is 0 Å². The molecule has 0 radical (unpaired) electrons. The number of piperidine rings is 1. The SMILES string of the molecule is CCNCC(C)C(=O)N1CCC(N2CCCC2)CC1. The molecule has 0 bridgehead atoms. The summed E-state index contributed by atoms with van der Waals surface area (Å²) in [5.74, 6) is 0.448. The number of amides is 1. The molecule has 2 saturated heterocycles. The van der Waals surface area contributed by atoms with E-state index in [0.717, 1.165) is 32.2 Å². The minimum Gasteiger partial charge on any atom is -0.342 e. The molecule has 0 spiro atoms. The van der Waals surface area contributed by atoms with Gasteiger partial charge in [-0.25, -0.2) is 0 Å². The first-order chi connectivity index (χ1) is 9.22. The summed E-state index contributed by atoms with van der Waals surface area (Å²) in [6, 6.07) is 0.732. The fourth-order valence-electron chi connectivity index (χ4n) is 3.32. The first kappa shape index (κ1) is 14.8. The molecule has 1 atom stereocenters. The average Bonchev–Trinajstić information content (AvgIpc) is 2.98. The zero-order chi connectivity index (χ0) is 13.7. The number of rotatable bonds is 5. The van der Waals surface area contributed by atoms with Crippen LogP contribution >= 0.6 is 0 Å². The van der Waals surface area contributed by atoms with Gasteiger partial charge in [-0.2, -0.15) is 0 Å². The molecule has 4 heteroatoms. The summed E-state index contributed by atoms with van der Waals surface area (Å²) in [5.41, 5.74) is 0. The van der Waals surface area contributed by atoms with Gasteiger partial charge in [-0.1, -0.05) is 13.8 Å². The predicted octanol–water partition coefficient (Wildman–Crippen LogP) is 1.32. The van der Waals surface area contributed by atoms with Crippen molar-refractivity contribution in [1.82, 2.24) is 15.1 Å². The summed E-state index contributed by atoms with van der Waals surface area (Å²) in [4.78, 5) is 17.0. The molecule has 2 aliphatic rings. The molecule has 2 fully saturated rings. The molecule has 2 heterocycles. The Hall–Kier alpha value is -0.610. The second-order valence-corrected chi connectivity index (χ2v) is 6.01. The number of carbonyl (C=O) groups is 1. The van der Waals surface area contributed by atoms with Crippen LogP contribution in [0, 0.1) is 5.92 Å². The van der Waals surface area contributed by atoms with Gasteiger partial charge in [-0.15, -0.1) is 0 Å². The highest BCUT2D eigenvalue weighted by atomic mass is 16.2. The molecular weight excluding hydrogens is 238 g/mol. The zero-order valence-corrected chi connectivity index (χ0v) is 12.5. The first-order valence-electron chi connectivity index (χ1n) is 7.96. The predicted molar refractivity (Wildman–Crippen MR) is 78.1 cm³/mol. The number of hydrogen-bond donors (Lipinski definition) is 1. The van der Waals surface area contributed by atoms with Crippen LogP contribution in [0.3, 0.4) is 0 Å². The van der Waals surface area contributed by atoms with E-state index in [0.29, 0.717) is 5.91 Å². The van der Waals surface area contributed by atoms with Crippen LogP contribution in [-0.4, -0.2) is 61.0 Å². The van der Waals surface area contributed by atoms with E-state index in [-0.39, 0.29) is 5.92 Å². The standard InChI is InChI=1S/C15H29N3O/c1-3-16-12-13(2)15(19)18-10-6-14(7-11-18)17-8-4-5-9-17/h13-14,16H,3-12H2,1-2H3. The van der Waals surface area contributed by atoms with Gasteiger partial charge in [0.2, 0.25) is 5.91 Å². The summed E-state index contributed by atoms with van der Waals surface area (Å²) < 4.78 is 0. The number of nitrogens with one attached hydrogen (secondary N) is 1. The van der Waals surface area contributed by atoms with Crippen LogP contribution in [0.5, 0.6) is 0 Å². The van der Waals surface area contributed by atoms with Crippen molar-refractivity contribution in [3.05, 3.63) is 0 Å². The summed E-state index contributed by atoms with van der Waals surface area (Å²) >= 11 is 0. The van der Waals surface area contributed by atoms with E-state index in [1.165, 1.54) is 38.8 Å². The highest BCUT2D eigenvalue weighted by Crippen LogP contribution is 2.21. The van der Waals surface area contributed by atoms with Crippen LogP contribution in [0.4, 0.5) is 0 Å². The van der Waals surface area contributed by atoms with E-state index in [4.69, 9.17) is 0 Å². The maximum Gasteiger partial charge on any atom is 0.226 e. The van der Waals surface area contributed by atoms with Gasteiger partial charge in [0.1, 0.15) is 0 Å². The molecule has 0 aromatic heterocycles. The van der Waals surface area contributed by atoms with Crippen LogP contribution in [0.25, 0.3) is 0 Å². The lowest BCUT2D eigenvalue weighted by Crippen LogP contribution is -2.48. The lowest BCUT2D eigenvalue weighted by atomic mass is 10.0. The Morgan fingerprint density at radius 3 is 2.42 bits per heavy atom. The van der Waals surface area contributed by atoms with E-state index in [1.807, 2.05) is 6.92 Å². The number of carbonyl (C=O) groups excluding carboxylic acids is 1. The van der Waals surface area contributed by atoms with E-state index >= 15 is 0 Å². The van der Waals surface area contributed by atoms with Crippen molar-refractivity contribution in [2.45, 2.75) is 45.6 Å². The average molecular weight is 267 g/mol. The Labute approximate surface area is 117 Å². The van der Waals surface area contributed by atoms with E-state index in [2.05, 4.69) is 22.0 Å². The van der Waals surface area contributed by atoms with Gasteiger partial charge in [-0.3, -0.25) is 4.79 Å². The number of likely N-dealkylation sites (tertiary alicyclic amines) is 2. The lowest BCUT2D eigenvalue weighted by molar-refractivity contribution is -0.136. The largest absolute Gasteiger partial charge is 0.342 e. The normalized spacial score (nSPS) is 23.8. The molecule has 0 saturated carbocycles. The molecule has 110 valence electrons. The zero-order valence-electron chi connectivity index (χ0n) is 12.5. The smallest absolute Gasteiger partial charge is 0.226 e. The maximum atomic E-state index is 12.3. The van der Waals surface area contributed by atoms with Crippen LogP contribution < -0.4 is 5.32 Å². The Kier molecular flexibility index (Phi) is 5.64. The third-order valence-electron chi connectivity index (χ3n) is 4.56. The molecule has 1 unspecified atom stereocenters. The van der Waals surface area contributed by atoms with Crippen LogP contribution in [-0.2, 0) is 4.79 Å². The molecule has 0 aliphatic carbocycles. The Morgan fingerprint density at radius 2 is 1.84 bits per heavy atom. The minimum absolute atomic E-state index is 0.114.